The first-order valence-corrected chi connectivity index (χ1v) is 7.36. The topological polar surface area (TPSA) is 49.3 Å². The molecule has 1 heterocycles. The molecule has 0 saturated carbocycles. The molecule has 0 unspecified atom stereocenters. The minimum absolute atomic E-state index is 0. The van der Waals surface area contributed by atoms with E-state index in [4.69, 9.17) is 0 Å². The highest BCUT2D eigenvalue weighted by molar-refractivity contribution is 14.0. The van der Waals surface area contributed by atoms with Gasteiger partial charge in [0.15, 0.2) is 5.96 Å². The van der Waals surface area contributed by atoms with E-state index < -0.39 is 0 Å². The number of rotatable bonds is 6. The van der Waals surface area contributed by atoms with Crippen LogP contribution in [-0.2, 0) is 6.54 Å². The molecule has 0 aliphatic carbocycles. The van der Waals surface area contributed by atoms with E-state index in [9.17, 15) is 0 Å². The summed E-state index contributed by atoms with van der Waals surface area (Å²) in [7, 11) is 1.80. The van der Waals surface area contributed by atoms with Gasteiger partial charge in [-0.15, -0.1) is 35.3 Å². The number of hydrogen-bond acceptors (Lipinski definition) is 3. The predicted molar refractivity (Wildman–Crippen MR) is 94.7 cm³/mol. The Labute approximate surface area is 137 Å². The molecule has 0 spiro atoms. The third kappa shape index (κ3) is 7.10. The summed E-state index contributed by atoms with van der Waals surface area (Å²) in [6.07, 6.45) is 3.69. The van der Waals surface area contributed by atoms with E-state index >= 15 is 0 Å². The van der Waals surface area contributed by atoms with E-state index in [0.717, 1.165) is 29.8 Å². The number of aromatic nitrogens is 1. The molecule has 0 fully saturated rings. The quantitative estimate of drug-likeness (QED) is 0.336. The first-order valence-electron chi connectivity index (χ1n) is 6.54. The largest absolute Gasteiger partial charge is 0.356 e. The number of guanidine groups is 1. The fraction of sp³-hybridized carbons (Fsp3) is 0.692. The predicted octanol–water partition coefficient (Wildman–Crippen LogP) is 3.23. The van der Waals surface area contributed by atoms with Crippen LogP contribution in [0.3, 0.4) is 0 Å². The van der Waals surface area contributed by atoms with Gasteiger partial charge < -0.3 is 10.6 Å². The molecule has 0 amide bonds. The van der Waals surface area contributed by atoms with Crippen LogP contribution in [0.2, 0.25) is 0 Å². The number of nitrogens with one attached hydrogen (secondary N) is 2. The number of halogens is 1. The maximum absolute atomic E-state index is 4.50. The summed E-state index contributed by atoms with van der Waals surface area (Å²) in [4.78, 5) is 9.99. The Morgan fingerprint density at radius 2 is 2.00 bits per heavy atom. The number of hydrogen-bond donors (Lipinski definition) is 2. The maximum Gasteiger partial charge on any atom is 0.191 e. The monoisotopic (exact) mass is 396 g/mol. The Morgan fingerprint density at radius 1 is 1.26 bits per heavy atom. The molecule has 2 N–H and O–H groups in total. The molecule has 0 aromatic carbocycles. The molecule has 6 heteroatoms. The molecule has 0 aliphatic rings. The third-order valence-corrected chi connectivity index (χ3v) is 3.85. The zero-order valence-corrected chi connectivity index (χ0v) is 15.4. The van der Waals surface area contributed by atoms with E-state index in [2.05, 4.69) is 34.5 Å². The van der Waals surface area contributed by atoms with Gasteiger partial charge in [0.2, 0.25) is 0 Å². The summed E-state index contributed by atoms with van der Waals surface area (Å²) in [5.74, 6) is 0.858. The molecular weight excluding hydrogens is 371 g/mol. The fourth-order valence-corrected chi connectivity index (χ4v) is 2.45. The molecule has 1 rings (SSSR count). The van der Waals surface area contributed by atoms with Crippen LogP contribution in [0.1, 0.15) is 41.8 Å². The van der Waals surface area contributed by atoms with Crippen LogP contribution in [0.4, 0.5) is 0 Å². The summed E-state index contributed by atoms with van der Waals surface area (Å²) in [5.41, 5.74) is 1.13. The van der Waals surface area contributed by atoms with Gasteiger partial charge in [0, 0.05) is 18.5 Å². The summed E-state index contributed by atoms with van der Waals surface area (Å²) in [6.45, 7) is 8.08. The molecule has 1 aromatic heterocycles. The number of aryl methyl sites for hydroxylation is 2. The second-order valence-electron chi connectivity index (χ2n) is 4.31. The van der Waals surface area contributed by atoms with Crippen molar-refractivity contribution in [2.45, 2.75) is 46.6 Å². The molecule has 19 heavy (non-hydrogen) atoms. The molecular formula is C13H25IN4S. The van der Waals surface area contributed by atoms with Crippen LogP contribution in [0.5, 0.6) is 0 Å². The second kappa shape index (κ2) is 10.4. The zero-order chi connectivity index (χ0) is 13.4. The molecule has 110 valence electrons. The Kier molecular flexibility index (Phi) is 10.2. The number of nitrogens with zero attached hydrogens (tertiary/aromatic N) is 2. The second-order valence-corrected chi connectivity index (χ2v) is 5.60. The van der Waals surface area contributed by atoms with Gasteiger partial charge in [-0.1, -0.05) is 19.8 Å². The van der Waals surface area contributed by atoms with Crippen molar-refractivity contribution in [1.82, 2.24) is 15.6 Å². The van der Waals surface area contributed by atoms with E-state index in [1.807, 2.05) is 6.92 Å². The minimum atomic E-state index is 0. The van der Waals surface area contributed by atoms with Crippen LogP contribution >= 0.6 is 35.3 Å². The lowest BCUT2D eigenvalue weighted by molar-refractivity contribution is 0.682. The lowest BCUT2D eigenvalue weighted by atomic mass is 10.2. The van der Waals surface area contributed by atoms with Crippen LogP contribution in [0.15, 0.2) is 4.99 Å². The first kappa shape index (κ1) is 18.6. The standard InChI is InChI=1S/C13H24N4S.HI/c1-5-6-7-8-15-13(14-4)16-9-12-17-10(2)11(3)18-12;/h5-9H2,1-4H3,(H2,14,15,16);1H. The Hall–Kier alpha value is -0.370. The van der Waals surface area contributed by atoms with Crippen molar-refractivity contribution in [3.05, 3.63) is 15.6 Å². The van der Waals surface area contributed by atoms with Crippen molar-refractivity contribution in [2.24, 2.45) is 4.99 Å². The molecule has 0 saturated heterocycles. The summed E-state index contributed by atoms with van der Waals surface area (Å²) < 4.78 is 0. The molecule has 0 bridgehead atoms. The maximum atomic E-state index is 4.50. The summed E-state index contributed by atoms with van der Waals surface area (Å²) >= 11 is 1.74. The highest BCUT2D eigenvalue weighted by Gasteiger charge is 2.04. The van der Waals surface area contributed by atoms with Crippen LogP contribution in [0, 0.1) is 13.8 Å². The van der Waals surface area contributed by atoms with Crippen molar-refractivity contribution in [3.63, 3.8) is 0 Å². The molecule has 4 nitrogen and oxygen atoms in total. The first-order chi connectivity index (χ1) is 8.67. The van der Waals surface area contributed by atoms with Crippen molar-refractivity contribution in [3.8, 4) is 0 Å². The zero-order valence-electron chi connectivity index (χ0n) is 12.2. The smallest absolute Gasteiger partial charge is 0.191 e. The van der Waals surface area contributed by atoms with E-state index in [-0.39, 0.29) is 24.0 Å². The fourth-order valence-electron chi connectivity index (χ4n) is 1.58. The lowest BCUT2D eigenvalue weighted by Gasteiger charge is -2.10. The normalized spacial score (nSPS) is 11.1. The van der Waals surface area contributed by atoms with Crippen molar-refractivity contribution >= 4 is 41.3 Å². The van der Waals surface area contributed by atoms with Gasteiger partial charge in [0.1, 0.15) is 5.01 Å². The summed E-state index contributed by atoms with van der Waals surface area (Å²) in [6, 6.07) is 0. The molecule has 0 aliphatic heterocycles. The average Bonchev–Trinajstić information content (AvgIpc) is 2.68. The third-order valence-electron chi connectivity index (χ3n) is 2.78. The Bertz CT molecular complexity index is 370. The Morgan fingerprint density at radius 3 is 2.53 bits per heavy atom. The van der Waals surface area contributed by atoms with Gasteiger partial charge in [-0.05, 0) is 20.3 Å². The van der Waals surface area contributed by atoms with Crippen LogP contribution in [0.25, 0.3) is 0 Å². The van der Waals surface area contributed by atoms with E-state index in [1.165, 1.54) is 24.1 Å². The van der Waals surface area contributed by atoms with Gasteiger partial charge in [-0.2, -0.15) is 0 Å². The van der Waals surface area contributed by atoms with Gasteiger partial charge in [0.05, 0.1) is 12.2 Å². The van der Waals surface area contributed by atoms with Gasteiger partial charge >= 0.3 is 0 Å². The average molecular weight is 396 g/mol. The van der Waals surface area contributed by atoms with Gasteiger partial charge in [-0.3, -0.25) is 4.99 Å². The number of thiazole rings is 1. The van der Waals surface area contributed by atoms with Gasteiger partial charge in [-0.25, -0.2) is 4.98 Å². The minimum Gasteiger partial charge on any atom is -0.356 e. The molecule has 1 aromatic rings. The van der Waals surface area contributed by atoms with Crippen molar-refractivity contribution in [2.75, 3.05) is 13.6 Å². The van der Waals surface area contributed by atoms with Crippen molar-refractivity contribution < 1.29 is 0 Å². The number of unbranched alkanes of at least 4 members (excludes halogenated alkanes) is 2. The Balaban J connectivity index is 0.00000324. The summed E-state index contributed by atoms with van der Waals surface area (Å²) in [5, 5.41) is 7.71. The molecule has 0 atom stereocenters. The van der Waals surface area contributed by atoms with Crippen LogP contribution < -0.4 is 10.6 Å². The van der Waals surface area contributed by atoms with E-state index in [0.29, 0.717) is 0 Å². The van der Waals surface area contributed by atoms with Crippen molar-refractivity contribution in [1.29, 1.82) is 0 Å². The number of aliphatic imine (C=N–C) groups is 1. The van der Waals surface area contributed by atoms with Gasteiger partial charge in [0.25, 0.3) is 0 Å². The molecule has 0 radical (unpaired) electrons. The van der Waals surface area contributed by atoms with Crippen LogP contribution in [-0.4, -0.2) is 24.5 Å². The SMILES string of the molecule is CCCCCNC(=NC)NCc1nc(C)c(C)s1.I. The highest BCUT2D eigenvalue weighted by Crippen LogP contribution is 2.15. The lowest BCUT2D eigenvalue weighted by Crippen LogP contribution is -2.37. The van der Waals surface area contributed by atoms with E-state index in [1.54, 1.807) is 18.4 Å². The highest BCUT2D eigenvalue weighted by atomic mass is 127.